The normalized spacial score (nSPS) is 15.1. The van der Waals surface area contributed by atoms with Crippen molar-refractivity contribution in [2.45, 2.75) is 32.1 Å². The number of hydrogen-bond donors (Lipinski definition) is 0. The molecule has 1 aliphatic heterocycles. The van der Waals surface area contributed by atoms with Crippen LogP contribution in [0.5, 0.6) is 17.2 Å². The summed E-state index contributed by atoms with van der Waals surface area (Å²) >= 11 is 0. The van der Waals surface area contributed by atoms with Crippen LogP contribution in [0.4, 0.5) is 0 Å². The monoisotopic (exact) mass is 437 g/mol. The molecule has 0 bridgehead atoms. The van der Waals surface area contributed by atoms with Crippen LogP contribution in [0.3, 0.4) is 0 Å². The Kier molecular flexibility index (Phi) is 6.70. The van der Waals surface area contributed by atoms with Crippen molar-refractivity contribution < 1.29 is 18.6 Å². The van der Waals surface area contributed by atoms with Gasteiger partial charge in [-0.15, -0.1) is 0 Å². The highest BCUT2D eigenvalue weighted by molar-refractivity contribution is 5.92. The van der Waals surface area contributed by atoms with E-state index in [2.05, 4.69) is 35.2 Å². The van der Waals surface area contributed by atoms with Gasteiger partial charge in [0.25, 0.3) is 0 Å². The summed E-state index contributed by atoms with van der Waals surface area (Å²) in [4.78, 5) is 15.3. The summed E-state index contributed by atoms with van der Waals surface area (Å²) in [5.74, 6) is 2.10. The van der Waals surface area contributed by atoms with Crippen LogP contribution in [0.2, 0.25) is 0 Å². The molecule has 6 nitrogen and oxygen atoms in total. The van der Waals surface area contributed by atoms with Crippen molar-refractivity contribution in [1.29, 1.82) is 0 Å². The van der Waals surface area contributed by atoms with Gasteiger partial charge in [-0.25, -0.2) is 4.79 Å². The van der Waals surface area contributed by atoms with Gasteiger partial charge in [0.05, 0.1) is 26.7 Å². The first kappa shape index (κ1) is 22.2. The van der Waals surface area contributed by atoms with E-state index < -0.39 is 0 Å². The number of piperidine rings is 1. The lowest BCUT2D eigenvalue weighted by molar-refractivity contribution is 0.214. The molecule has 0 radical (unpaired) electrons. The minimum atomic E-state index is -0.302. The lowest BCUT2D eigenvalue weighted by atomic mass is 9.89. The van der Waals surface area contributed by atoms with Crippen LogP contribution in [0.1, 0.15) is 35.4 Å². The predicted octanol–water partition coefficient (Wildman–Crippen LogP) is 4.55. The molecule has 0 spiro atoms. The van der Waals surface area contributed by atoms with E-state index in [1.807, 2.05) is 6.92 Å². The first-order valence-corrected chi connectivity index (χ1v) is 11.1. The molecule has 0 aliphatic carbocycles. The van der Waals surface area contributed by atoms with Crippen LogP contribution < -0.4 is 19.8 Å². The van der Waals surface area contributed by atoms with Gasteiger partial charge in [0, 0.05) is 18.2 Å². The minimum absolute atomic E-state index is 0.302. The minimum Gasteiger partial charge on any atom is -0.493 e. The van der Waals surface area contributed by atoms with E-state index in [4.69, 9.17) is 18.6 Å². The number of rotatable bonds is 7. The summed E-state index contributed by atoms with van der Waals surface area (Å²) in [6.45, 7) is 4.84. The van der Waals surface area contributed by atoms with Gasteiger partial charge in [-0.2, -0.15) is 0 Å². The summed E-state index contributed by atoms with van der Waals surface area (Å²) < 4.78 is 22.2. The predicted molar refractivity (Wildman–Crippen MR) is 125 cm³/mol. The Morgan fingerprint density at radius 3 is 2.31 bits per heavy atom. The summed E-state index contributed by atoms with van der Waals surface area (Å²) in [5.41, 5.74) is 3.12. The van der Waals surface area contributed by atoms with E-state index in [9.17, 15) is 4.79 Å². The third-order valence-electron chi connectivity index (χ3n) is 6.61. The van der Waals surface area contributed by atoms with Crippen molar-refractivity contribution in [3.8, 4) is 17.2 Å². The van der Waals surface area contributed by atoms with E-state index in [1.165, 1.54) is 5.56 Å². The number of benzene rings is 2. The molecule has 4 rings (SSSR count). The number of aryl methyl sites for hydroxylation is 1. The number of ether oxygens (including phenoxy) is 3. The molecule has 1 aliphatic rings. The van der Waals surface area contributed by atoms with Crippen LogP contribution >= 0.6 is 0 Å². The maximum absolute atomic E-state index is 12.8. The van der Waals surface area contributed by atoms with Crippen LogP contribution in [-0.4, -0.2) is 45.9 Å². The standard InChI is InChI=1S/C26H31NO5/c1-17-20(12-15-27-13-10-19(11-14-27)18-8-6-5-7-9-18)26(28)32-21-16-22(29-2)24(30-3)25(31-4)23(17)21/h5-9,16,19H,10-15H2,1-4H3. The van der Waals surface area contributed by atoms with Crippen molar-refractivity contribution in [1.82, 2.24) is 4.90 Å². The summed E-state index contributed by atoms with van der Waals surface area (Å²) in [6, 6.07) is 12.4. The SMILES string of the molecule is COc1cc2oc(=O)c(CCN3CCC(c4ccccc4)CC3)c(C)c2c(OC)c1OC. The van der Waals surface area contributed by atoms with E-state index >= 15 is 0 Å². The molecule has 0 atom stereocenters. The van der Waals surface area contributed by atoms with E-state index in [1.54, 1.807) is 27.4 Å². The quantitative estimate of drug-likeness (QED) is 0.506. The summed E-state index contributed by atoms with van der Waals surface area (Å²) in [5, 5.41) is 0.752. The zero-order chi connectivity index (χ0) is 22.7. The molecular formula is C26H31NO5. The first-order valence-electron chi connectivity index (χ1n) is 11.1. The van der Waals surface area contributed by atoms with Gasteiger partial charge < -0.3 is 23.5 Å². The second kappa shape index (κ2) is 9.65. The molecule has 0 N–H and O–H groups in total. The fourth-order valence-electron chi connectivity index (χ4n) is 4.81. The molecule has 1 fully saturated rings. The molecule has 2 heterocycles. The Labute approximate surface area is 188 Å². The summed E-state index contributed by atoms with van der Waals surface area (Å²) in [6.07, 6.45) is 2.91. The average Bonchev–Trinajstić information content (AvgIpc) is 2.83. The van der Waals surface area contributed by atoms with E-state index in [-0.39, 0.29) is 5.63 Å². The third kappa shape index (κ3) is 4.19. The topological polar surface area (TPSA) is 61.1 Å². The molecule has 0 amide bonds. The van der Waals surface area contributed by atoms with Gasteiger partial charge in [-0.05, 0) is 56.3 Å². The Balaban J connectivity index is 1.54. The van der Waals surface area contributed by atoms with Gasteiger partial charge in [-0.1, -0.05) is 30.3 Å². The molecule has 3 aromatic rings. The zero-order valence-electron chi connectivity index (χ0n) is 19.3. The van der Waals surface area contributed by atoms with Gasteiger partial charge >= 0.3 is 5.63 Å². The smallest absolute Gasteiger partial charge is 0.339 e. The molecular weight excluding hydrogens is 406 g/mol. The van der Waals surface area contributed by atoms with Crippen LogP contribution in [0.15, 0.2) is 45.6 Å². The fraction of sp³-hybridized carbons (Fsp3) is 0.423. The Hall–Kier alpha value is -2.99. The van der Waals surface area contributed by atoms with Crippen molar-refractivity contribution in [2.75, 3.05) is 41.0 Å². The van der Waals surface area contributed by atoms with E-state index in [0.717, 1.165) is 43.4 Å². The fourth-order valence-corrected chi connectivity index (χ4v) is 4.81. The third-order valence-corrected chi connectivity index (χ3v) is 6.61. The molecule has 6 heteroatoms. The highest BCUT2D eigenvalue weighted by Crippen LogP contribution is 2.44. The second-order valence-electron chi connectivity index (χ2n) is 8.29. The molecule has 1 saturated heterocycles. The lowest BCUT2D eigenvalue weighted by Crippen LogP contribution is -2.35. The highest BCUT2D eigenvalue weighted by Gasteiger charge is 2.24. The number of hydrogen-bond acceptors (Lipinski definition) is 6. The second-order valence-corrected chi connectivity index (χ2v) is 8.29. The van der Waals surface area contributed by atoms with E-state index in [0.29, 0.717) is 40.7 Å². The number of methoxy groups -OCH3 is 3. The zero-order valence-corrected chi connectivity index (χ0v) is 19.3. The van der Waals surface area contributed by atoms with Crippen LogP contribution in [0.25, 0.3) is 11.0 Å². The average molecular weight is 438 g/mol. The highest BCUT2D eigenvalue weighted by atomic mass is 16.5. The Morgan fingerprint density at radius 2 is 1.69 bits per heavy atom. The molecule has 0 unspecified atom stereocenters. The Bertz CT molecular complexity index is 1130. The number of nitrogens with zero attached hydrogens (tertiary/aromatic N) is 1. The molecule has 0 saturated carbocycles. The van der Waals surface area contributed by atoms with Crippen molar-refractivity contribution in [3.05, 3.63) is 63.5 Å². The molecule has 170 valence electrons. The largest absolute Gasteiger partial charge is 0.493 e. The molecule has 2 aromatic carbocycles. The van der Waals surface area contributed by atoms with Gasteiger partial charge in [-0.3, -0.25) is 0 Å². The van der Waals surface area contributed by atoms with Crippen LogP contribution in [0, 0.1) is 6.92 Å². The Morgan fingerprint density at radius 1 is 1.00 bits per heavy atom. The van der Waals surface area contributed by atoms with Gasteiger partial charge in [0.1, 0.15) is 5.58 Å². The van der Waals surface area contributed by atoms with Gasteiger partial charge in [0.15, 0.2) is 11.5 Å². The maximum atomic E-state index is 12.8. The first-order chi connectivity index (χ1) is 15.6. The maximum Gasteiger partial charge on any atom is 0.339 e. The van der Waals surface area contributed by atoms with Crippen molar-refractivity contribution >= 4 is 11.0 Å². The van der Waals surface area contributed by atoms with Crippen molar-refractivity contribution in [3.63, 3.8) is 0 Å². The van der Waals surface area contributed by atoms with Crippen molar-refractivity contribution in [2.24, 2.45) is 0 Å². The number of likely N-dealkylation sites (tertiary alicyclic amines) is 1. The van der Waals surface area contributed by atoms with Crippen LogP contribution in [-0.2, 0) is 6.42 Å². The summed E-state index contributed by atoms with van der Waals surface area (Å²) in [7, 11) is 4.70. The van der Waals surface area contributed by atoms with Gasteiger partial charge in [0.2, 0.25) is 5.75 Å². The lowest BCUT2D eigenvalue weighted by Gasteiger charge is -2.32. The molecule has 1 aromatic heterocycles. The number of fused-ring (bicyclic) bond motifs is 1. The molecule has 32 heavy (non-hydrogen) atoms.